The number of carbonyl (C=O) groups is 1. The summed E-state index contributed by atoms with van der Waals surface area (Å²) in [6.45, 7) is 2.35. The minimum atomic E-state index is -0.649. The Hall–Kier alpha value is -1.45. The van der Waals surface area contributed by atoms with Gasteiger partial charge in [0.1, 0.15) is 0 Å². The van der Waals surface area contributed by atoms with Crippen molar-refractivity contribution >= 4 is 65.8 Å². The molecule has 27 heavy (non-hydrogen) atoms. The number of nitrogens with zero attached hydrogens (tertiary/aromatic N) is 4. The molecule has 0 saturated carbocycles. The van der Waals surface area contributed by atoms with Crippen LogP contribution >= 0.6 is 48.0 Å². The first kappa shape index (κ1) is 23.6. The highest BCUT2D eigenvalue weighted by Gasteiger charge is 2.27. The van der Waals surface area contributed by atoms with Gasteiger partial charge >= 0.3 is 0 Å². The fourth-order valence-corrected chi connectivity index (χ4v) is 3.26. The number of aromatic nitrogens is 3. The zero-order valence-electron chi connectivity index (χ0n) is 14.3. The number of hydrogen-bond donors (Lipinski definition) is 3. The summed E-state index contributed by atoms with van der Waals surface area (Å²) in [7, 11) is 0. The zero-order valence-corrected chi connectivity index (χ0v) is 17.4. The van der Waals surface area contributed by atoms with Crippen molar-refractivity contribution in [2.75, 3.05) is 36.8 Å². The van der Waals surface area contributed by atoms with Gasteiger partial charge in [-0.15, -0.1) is 29.9 Å². The molecule has 1 atom stereocenters. The molecule has 1 aliphatic heterocycles. The van der Waals surface area contributed by atoms with E-state index >= 15 is 0 Å². The molecule has 1 aromatic heterocycles. The maximum Gasteiger partial charge on any atom is 0.246 e. The van der Waals surface area contributed by atoms with Crippen molar-refractivity contribution < 1.29 is 4.79 Å². The van der Waals surface area contributed by atoms with Crippen LogP contribution in [0.3, 0.4) is 0 Å². The van der Waals surface area contributed by atoms with Gasteiger partial charge in [-0.05, 0) is 24.1 Å². The van der Waals surface area contributed by atoms with Crippen LogP contribution in [0, 0.1) is 0 Å². The number of nitrogens with one attached hydrogen (secondary N) is 1. The number of anilines is 2. The number of nitrogens with two attached hydrogens (primary N) is 2. The van der Waals surface area contributed by atoms with Gasteiger partial charge in [-0.3, -0.25) is 4.79 Å². The molecule has 12 heteroatoms. The Bertz CT molecular complexity index is 764. The lowest BCUT2D eigenvalue weighted by molar-refractivity contribution is -0.132. The quantitative estimate of drug-likeness (QED) is 0.645. The summed E-state index contributed by atoms with van der Waals surface area (Å²) in [4.78, 5) is 20.4. The van der Waals surface area contributed by atoms with E-state index in [1.54, 1.807) is 23.1 Å². The summed E-state index contributed by atoms with van der Waals surface area (Å²) >= 11 is 12.0. The summed E-state index contributed by atoms with van der Waals surface area (Å²) in [6, 6.07) is 4.53. The molecule has 1 aromatic carbocycles. The van der Waals surface area contributed by atoms with E-state index in [0.29, 0.717) is 48.6 Å². The molecule has 1 unspecified atom stereocenters. The van der Waals surface area contributed by atoms with Crippen molar-refractivity contribution in [1.82, 2.24) is 20.1 Å². The Kier molecular flexibility index (Phi) is 8.90. The minimum absolute atomic E-state index is 0. The number of halogens is 4. The molecule has 1 fully saturated rings. The third-order valence-electron chi connectivity index (χ3n) is 4.14. The largest absolute Gasteiger partial charge is 0.368 e. The van der Waals surface area contributed by atoms with Gasteiger partial charge < -0.3 is 21.3 Å². The Balaban J connectivity index is 0.00000182. The van der Waals surface area contributed by atoms with E-state index in [9.17, 15) is 4.79 Å². The molecule has 0 aliphatic carbocycles. The van der Waals surface area contributed by atoms with E-state index in [1.165, 1.54) is 0 Å². The number of H-pyrrole nitrogens is 1. The van der Waals surface area contributed by atoms with Crippen molar-refractivity contribution in [1.29, 1.82) is 0 Å². The van der Waals surface area contributed by atoms with Crippen LogP contribution in [0.15, 0.2) is 18.2 Å². The van der Waals surface area contributed by atoms with E-state index in [4.69, 9.17) is 34.7 Å². The van der Waals surface area contributed by atoms with Crippen molar-refractivity contribution in [3.05, 3.63) is 33.8 Å². The Morgan fingerprint density at radius 3 is 2.44 bits per heavy atom. The number of aromatic amines is 1. The number of carbonyl (C=O) groups excluding carboxylic acids is 1. The molecule has 5 N–H and O–H groups in total. The van der Waals surface area contributed by atoms with Crippen molar-refractivity contribution in [3.8, 4) is 0 Å². The zero-order chi connectivity index (χ0) is 18.0. The second-order valence-corrected chi connectivity index (χ2v) is 6.72. The fraction of sp³-hybridized carbons (Fsp3) is 0.400. The third kappa shape index (κ3) is 5.76. The van der Waals surface area contributed by atoms with Gasteiger partial charge in [0.2, 0.25) is 17.8 Å². The highest BCUT2D eigenvalue weighted by molar-refractivity contribution is 6.35. The average molecular weight is 457 g/mol. The molecule has 2 heterocycles. The van der Waals surface area contributed by atoms with Crippen LogP contribution in [0.25, 0.3) is 0 Å². The van der Waals surface area contributed by atoms with Crippen molar-refractivity contribution in [3.63, 3.8) is 0 Å². The minimum Gasteiger partial charge on any atom is -0.368 e. The van der Waals surface area contributed by atoms with Gasteiger partial charge in [0.25, 0.3) is 0 Å². The number of amides is 1. The summed E-state index contributed by atoms with van der Waals surface area (Å²) < 4.78 is 0. The molecule has 1 amide bonds. The third-order valence-corrected chi connectivity index (χ3v) is 4.72. The van der Waals surface area contributed by atoms with Crippen LogP contribution in [0.1, 0.15) is 5.56 Å². The van der Waals surface area contributed by atoms with E-state index in [2.05, 4.69) is 15.2 Å². The molecule has 8 nitrogen and oxygen atoms in total. The van der Waals surface area contributed by atoms with Crippen molar-refractivity contribution in [2.45, 2.75) is 12.5 Å². The number of nitrogen functional groups attached to an aromatic ring is 1. The van der Waals surface area contributed by atoms with Gasteiger partial charge in [0.05, 0.1) is 6.04 Å². The molecule has 150 valence electrons. The highest BCUT2D eigenvalue weighted by Crippen LogP contribution is 2.22. The molecule has 0 radical (unpaired) electrons. The number of rotatable bonds is 4. The maximum absolute atomic E-state index is 12.6. The van der Waals surface area contributed by atoms with E-state index < -0.39 is 6.04 Å². The standard InChI is InChI=1S/C15H19Cl2N7O.2ClH/c16-10-2-1-9(11(17)8-10)7-12(18)13(25)23-3-5-24(6-4-23)15-20-14(19)21-22-15;;/h1-2,8,12H,3-7,18H2,(H3,19,20,21,22);2*1H. The normalized spacial score (nSPS) is 14.9. The summed E-state index contributed by atoms with van der Waals surface area (Å²) in [6.07, 6.45) is 0.368. The number of piperazine rings is 1. The molecule has 1 aliphatic rings. The van der Waals surface area contributed by atoms with Gasteiger partial charge in [-0.25, -0.2) is 5.10 Å². The summed E-state index contributed by atoms with van der Waals surface area (Å²) in [5, 5.41) is 7.71. The summed E-state index contributed by atoms with van der Waals surface area (Å²) in [5.41, 5.74) is 12.4. The monoisotopic (exact) mass is 455 g/mol. The first-order valence-electron chi connectivity index (χ1n) is 7.85. The first-order chi connectivity index (χ1) is 11.9. The van der Waals surface area contributed by atoms with Gasteiger partial charge in [-0.2, -0.15) is 4.98 Å². The lowest BCUT2D eigenvalue weighted by Gasteiger charge is -2.35. The second-order valence-electron chi connectivity index (χ2n) is 5.88. The van der Waals surface area contributed by atoms with Gasteiger partial charge in [-0.1, -0.05) is 29.3 Å². The topological polar surface area (TPSA) is 117 Å². The van der Waals surface area contributed by atoms with E-state index in [1.807, 2.05) is 4.90 Å². The van der Waals surface area contributed by atoms with Crippen LogP contribution in [0.4, 0.5) is 11.9 Å². The lowest BCUT2D eigenvalue weighted by Crippen LogP contribution is -2.54. The molecule has 0 spiro atoms. The van der Waals surface area contributed by atoms with Crippen LogP contribution in [-0.2, 0) is 11.2 Å². The summed E-state index contributed by atoms with van der Waals surface area (Å²) in [5.74, 6) is 0.720. The predicted octanol–water partition coefficient (Wildman–Crippen LogP) is 1.76. The van der Waals surface area contributed by atoms with Gasteiger partial charge in [0, 0.05) is 36.2 Å². The van der Waals surface area contributed by atoms with Gasteiger partial charge in [0.15, 0.2) is 0 Å². The smallest absolute Gasteiger partial charge is 0.246 e. The molecule has 0 bridgehead atoms. The predicted molar refractivity (Wildman–Crippen MR) is 112 cm³/mol. The molecular formula is C15H21Cl4N7O. The fourth-order valence-electron chi connectivity index (χ4n) is 2.78. The van der Waals surface area contributed by atoms with Crippen molar-refractivity contribution in [2.24, 2.45) is 5.73 Å². The van der Waals surface area contributed by atoms with Crippen LogP contribution in [0.2, 0.25) is 10.0 Å². The number of benzene rings is 1. The highest BCUT2D eigenvalue weighted by atomic mass is 35.5. The molecule has 2 aromatic rings. The van der Waals surface area contributed by atoms with Crippen LogP contribution in [0.5, 0.6) is 0 Å². The molecule has 3 rings (SSSR count). The SMILES string of the molecule is Cl.Cl.Nc1nc(N2CCN(C(=O)C(N)Cc3ccc(Cl)cc3Cl)CC2)n[nH]1. The maximum atomic E-state index is 12.6. The molecular weight excluding hydrogens is 436 g/mol. The Morgan fingerprint density at radius 1 is 1.22 bits per heavy atom. The lowest BCUT2D eigenvalue weighted by atomic mass is 10.1. The Morgan fingerprint density at radius 2 is 1.89 bits per heavy atom. The van der Waals surface area contributed by atoms with Crippen LogP contribution < -0.4 is 16.4 Å². The number of hydrogen-bond acceptors (Lipinski definition) is 6. The first-order valence-corrected chi connectivity index (χ1v) is 8.61. The van der Waals surface area contributed by atoms with E-state index in [0.717, 1.165) is 5.56 Å². The van der Waals surface area contributed by atoms with Crippen LogP contribution in [-0.4, -0.2) is 58.2 Å². The van der Waals surface area contributed by atoms with E-state index in [-0.39, 0.29) is 36.7 Å². The second kappa shape index (κ2) is 10.2. The average Bonchev–Trinajstić information content (AvgIpc) is 3.03. The Labute approximate surface area is 179 Å². The molecule has 1 saturated heterocycles.